The third-order valence-corrected chi connectivity index (χ3v) is 5.54. The van der Waals surface area contributed by atoms with Gasteiger partial charge in [-0.05, 0) is 32.0 Å². The Morgan fingerprint density at radius 2 is 2.06 bits per heavy atom. The van der Waals surface area contributed by atoms with Crippen LogP contribution in [0.2, 0.25) is 5.02 Å². The van der Waals surface area contributed by atoms with Crippen molar-refractivity contribution < 1.29 is 18.4 Å². The van der Waals surface area contributed by atoms with Crippen molar-refractivity contribution >= 4 is 46.0 Å². The van der Waals surface area contributed by atoms with Gasteiger partial charge in [0.25, 0.3) is 0 Å². The lowest BCUT2D eigenvalue weighted by Crippen LogP contribution is -2.44. The van der Waals surface area contributed by atoms with Crippen LogP contribution in [0.4, 0.5) is 20.4 Å². The summed E-state index contributed by atoms with van der Waals surface area (Å²) in [7, 11) is 0. The maximum atomic E-state index is 13.4. The van der Waals surface area contributed by atoms with Gasteiger partial charge in [-0.1, -0.05) is 11.6 Å². The molecule has 12 heteroatoms. The van der Waals surface area contributed by atoms with Crippen molar-refractivity contribution in [1.82, 2.24) is 19.7 Å². The number of hydrogen-bond acceptors (Lipinski definition) is 6. The molecule has 0 radical (unpaired) electrons. The summed E-state index contributed by atoms with van der Waals surface area (Å²) in [6, 6.07) is 4.89. The molecule has 5 N–H and O–H groups in total. The molecule has 1 unspecified atom stereocenters. The smallest absolute Gasteiger partial charge is 0.247 e. The Balaban J connectivity index is 1.87. The number of carbonyl (C=O) groups excluding carboxylic acids is 2. The number of primary amides is 1. The van der Waals surface area contributed by atoms with Gasteiger partial charge in [0.15, 0.2) is 11.2 Å². The van der Waals surface area contributed by atoms with E-state index in [-0.39, 0.29) is 35.3 Å². The number of nitrogen functional groups attached to an aromatic ring is 1. The topological polar surface area (TPSA) is 142 Å². The average molecular weight is 450 g/mol. The minimum Gasteiger partial charge on any atom is -0.383 e. The first-order chi connectivity index (χ1) is 14.4. The van der Waals surface area contributed by atoms with Crippen LogP contribution in [-0.2, 0) is 21.5 Å². The number of nitrogens with one attached hydrogen (secondary N) is 1. The third-order valence-electron chi connectivity index (χ3n) is 5.30. The van der Waals surface area contributed by atoms with Crippen molar-refractivity contribution in [2.45, 2.75) is 38.2 Å². The van der Waals surface area contributed by atoms with Crippen LogP contribution in [0.3, 0.4) is 0 Å². The Bertz CT molecular complexity index is 1250. The minimum atomic E-state index is -2.88. The first kappa shape index (κ1) is 20.9. The predicted molar refractivity (Wildman–Crippen MR) is 111 cm³/mol. The molecule has 9 nitrogen and oxygen atoms in total. The molecule has 0 bridgehead atoms. The lowest BCUT2D eigenvalue weighted by molar-refractivity contribution is -0.131. The maximum Gasteiger partial charge on any atom is 0.247 e. The molecule has 0 saturated carbocycles. The molecule has 2 amide bonds. The van der Waals surface area contributed by atoms with Crippen LogP contribution in [0.25, 0.3) is 22.4 Å². The van der Waals surface area contributed by atoms with E-state index in [1.807, 2.05) is 0 Å². The zero-order valence-electron chi connectivity index (χ0n) is 16.5. The van der Waals surface area contributed by atoms with E-state index in [0.717, 1.165) is 6.92 Å². The molecular formula is C19H18ClF2N7O2. The van der Waals surface area contributed by atoms with Gasteiger partial charge >= 0.3 is 0 Å². The summed E-state index contributed by atoms with van der Waals surface area (Å²) in [5, 5.41) is 7.87. The number of carbonyl (C=O) groups is 2. The highest BCUT2D eigenvalue weighted by Gasteiger charge is 2.51. The van der Waals surface area contributed by atoms with E-state index in [1.165, 1.54) is 11.6 Å². The van der Waals surface area contributed by atoms with Gasteiger partial charge in [0.1, 0.15) is 17.3 Å². The molecule has 162 valence electrons. The van der Waals surface area contributed by atoms with Crippen molar-refractivity contribution in [1.29, 1.82) is 0 Å². The molecule has 1 aliphatic heterocycles. The number of aromatic nitrogens is 4. The van der Waals surface area contributed by atoms with Crippen LogP contribution >= 0.6 is 11.6 Å². The van der Waals surface area contributed by atoms with Crippen LogP contribution in [0, 0.1) is 0 Å². The molecule has 31 heavy (non-hydrogen) atoms. The van der Waals surface area contributed by atoms with E-state index >= 15 is 0 Å². The summed E-state index contributed by atoms with van der Waals surface area (Å²) in [6.45, 7) is 2.10. The van der Waals surface area contributed by atoms with E-state index in [0.29, 0.717) is 15.9 Å². The van der Waals surface area contributed by atoms with Gasteiger partial charge in [0.05, 0.1) is 11.1 Å². The summed E-state index contributed by atoms with van der Waals surface area (Å²) < 4.78 is 28.2. The monoisotopic (exact) mass is 449 g/mol. The number of anilines is 2. The molecule has 0 fully saturated rings. The summed E-state index contributed by atoms with van der Waals surface area (Å²) in [4.78, 5) is 32.9. The van der Waals surface area contributed by atoms with Crippen LogP contribution in [0.1, 0.15) is 25.8 Å². The second-order valence-corrected chi connectivity index (χ2v) is 8.09. The molecular weight excluding hydrogens is 432 g/mol. The molecule has 1 aromatic carbocycles. The highest BCUT2D eigenvalue weighted by Crippen LogP contribution is 2.41. The van der Waals surface area contributed by atoms with Gasteiger partial charge in [-0.2, -0.15) is 5.10 Å². The first-order valence-corrected chi connectivity index (χ1v) is 9.63. The second-order valence-electron chi connectivity index (χ2n) is 7.65. The van der Waals surface area contributed by atoms with Crippen molar-refractivity contribution in [3.63, 3.8) is 0 Å². The molecule has 0 saturated heterocycles. The van der Waals surface area contributed by atoms with E-state index in [9.17, 15) is 18.4 Å². The zero-order chi connectivity index (χ0) is 22.7. The zero-order valence-corrected chi connectivity index (χ0v) is 17.3. The molecule has 4 rings (SSSR count). The summed E-state index contributed by atoms with van der Waals surface area (Å²) in [5.74, 6) is -4.45. The fourth-order valence-corrected chi connectivity index (χ4v) is 3.70. The number of hydrogen-bond donors (Lipinski definition) is 3. The second kappa shape index (κ2) is 6.84. The highest BCUT2D eigenvalue weighted by atomic mass is 35.5. The molecule has 2 aromatic heterocycles. The van der Waals surface area contributed by atoms with E-state index in [2.05, 4.69) is 20.4 Å². The number of rotatable bonds is 5. The van der Waals surface area contributed by atoms with Crippen molar-refractivity contribution in [3.8, 4) is 11.5 Å². The molecule has 3 aromatic rings. The van der Waals surface area contributed by atoms with Crippen LogP contribution in [0.15, 0.2) is 18.2 Å². The normalized spacial score (nSPS) is 18.3. The Kier molecular flexibility index (Phi) is 4.61. The number of alkyl halides is 2. The van der Waals surface area contributed by atoms with Crippen molar-refractivity contribution in [2.24, 2.45) is 5.73 Å². The number of aryl methyl sites for hydroxylation is 1. The Morgan fingerprint density at radius 1 is 1.35 bits per heavy atom. The van der Waals surface area contributed by atoms with Gasteiger partial charge in [-0.25, -0.2) is 18.7 Å². The standard InChI is InChI=1S/C19H18ClF2N7O2/c1-18(21,22)5-6-29-10-7-8(20)3-4-9(10)12(28-29)15-25-13(23)11-14(26-15)27-17(31)19(11,2)16(24)30/h3-4,7H,5-6H2,1-2H3,(H2,24,30)(H3,23,25,26,27,31). The van der Waals surface area contributed by atoms with Gasteiger partial charge in [0, 0.05) is 23.4 Å². The van der Waals surface area contributed by atoms with Crippen LogP contribution in [0.5, 0.6) is 0 Å². The van der Waals surface area contributed by atoms with Crippen LogP contribution in [-0.4, -0.2) is 37.5 Å². The van der Waals surface area contributed by atoms with Gasteiger partial charge in [-0.15, -0.1) is 0 Å². The molecule has 1 aliphatic rings. The lowest BCUT2D eigenvalue weighted by Gasteiger charge is -2.18. The average Bonchev–Trinajstić information content (AvgIpc) is 3.15. The van der Waals surface area contributed by atoms with Crippen LogP contribution < -0.4 is 16.8 Å². The fourth-order valence-electron chi connectivity index (χ4n) is 3.53. The number of nitrogens with two attached hydrogens (primary N) is 2. The number of halogens is 3. The Hall–Kier alpha value is -3.34. The quantitative estimate of drug-likeness (QED) is 0.511. The van der Waals surface area contributed by atoms with E-state index in [1.54, 1.807) is 18.2 Å². The van der Waals surface area contributed by atoms with Crippen molar-refractivity contribution in [3.05, 3.63) is 28.8 Å². The van der Waals surface area contributed by atoms with Crippen molar-refractivity contribution in [2.75, 3.05) is 11.1 Å². The molecule has 0 aliphatic carbocycles. The Labute approximate surface area is 179 Å². The SMILES string of the molecule is CC(F)(F)CCn1nc(-c2nc(N)c3c(n2)NC(=O)C3(C)C(N)=O)c2ccc(Cl)cc21. The number of fused-ring (bicyclic) bond motifs is 2. The summed E-state index contributed by atoms with van der Waals surface area (Å²) in [5.41, 5.74) is 10.6. The fraction of sp³-hybridized carbons (Fsp3) is 0.316. The van der Waals surface area contributed by atoms with E-state index in [4.69, 9.17) is 23.1 Å². The minimum absolute atomic E-state index is 0.0468. The lowest BCUT2D eigenvalue weighted by atomic mass is 9.84. The van der Waals surface area contributed by atoms with Gasteiger partial charge in [0.2, 0.25) is 17.7 Å². The molecule has 0 spiro atoms. The maximum absolute atomic E-state index is 13.4. The first-order valence-electron chi connectivity index (χ1n) is 9.25. The highest BCUT2D eigenvalue weighted by molar-refractivity contribution is 6.31. The number of amides is 2. The number of benzene rings is 1. The van der Waals surface area contributed by atoms with E-state index < -0.39 is 29.6 Å². The third kappa shape index (κ3) is 3.34. The molecule has 3 heterocycles. The Morgan fingerprint density at radius 3 is 2.71 bits per heavy atom. The number of nitrogens with zero attached hydrogens (tertiary/aromatic N) is 4. The summed E-state index contributed by atoms with van der Waals surface area (Å²) in [6.07, 6.45) is -0.435. The molecule has 1 atom stereocenters. The van der Waals surface area contributed by atoms with Gasteiger partial charge in [-0.3, -0.25) is 14.3 Å². The largest absolute Gasteiger partial charge is 0.383 e. The predicted octanol–water partition coefficient (Wildman–Crippen LogP) is 2.47. The van der Waals surface area contributed by atoms with Gasteiger partial charge < -0.3 is 16.8 Å². The summed E-state index contributed by atoms with van der Waals surface area (Å²) >= 11 is 6.08.